The highest BCUT2D eigenvalue weighted by Crippen LogP contribution is 2.27. The summed E-state index contributed by atoms with van der Waals surface area (Å²) in [6.07, 6.45) is 2.86. The van der Waals surface area contributed by atoms with E-state index in [4.69, 9.17) is 4.98 Å². The predicted octanol–water partition coefficient (Wildman–Crippen LogP) is 4.55. The lowest BCUT2D eigenvalue weighted by molar-refractivity contribution is -0.132. The zero-order valence-electron chi connectivity index (χ0n) is 19.5. The second-order valence-corrected chi connectivity index (χ2v) is 9.64. The van der Waals surface area contributed by atoms with Gasteiger partial charge in [0.2, 0.25) is 5.91 Å². The summed E-state index contributed by atoms with van der Waals surface area (Å²) in [6, 6.07) is 6.74. The maximum atomic E-state index is 13.8. The van der Waals surface area contributed by atoms with Crippen LogP contribution in [0.4, 0.5) is 10.2 Å². The quantitative estimate of drug-likeness (QED) is 0.704. The predicted molar refractivity (Wildman–Crippen MR) is 123 cm³/mol. The van der Waals surface area contributed by atoms with E-state index in [9.17, 15) is 9.18 Å². The van der Waals surface area contributed by atoms with Gasteiger partial charge >= 0.3 is 0 Å². The van der Waals surface area contributed by atoms with Crippen molar-refractivity contribution in [2.45, 2.75) is 60.3 Å². The fraction of sp³-hybridized carbons (Fsp3) is 0.560. The van der Waals surface area contributed by atoms with Crippen LogP contribution in [-0.4, -0.2) is 47.0 Å². The summed E-state index contributed by atoms with van der Waals surface area (Å²) in [4.78, 5) is 26.5. The monoisotopic (exact) mass is 426 g/mol. The SMILES string of the molecule is CCc1nc(C)nc(N2CCCN(C(=O)CC(C)(C)C)CC2)c1Cc1cccc(F)c1. The molecule has 1 aromatic heterocycles. The Hall–Kier alpha value is -2.50. The third-order valence-corrected chi connectivity index (χ3v) is 5.62. The third-order valence-electron chi connectivity index (χ3n) is 5.62. The van der Waals surface area contributed by atoms with Crippen molar-refractivity contribution >= 4 is 11.7 Å². The normalized spacial score (nSPS) is 15.2. The zero-order chi connectivity index (χ0) is 22.6. The number of aromatic nitrogens is 2. The number of carbonyl (C=O) groups is 1. The molecule has 0 bridgehead atoms. The molecule has 31 heavy (non-hydrogen) atoms. The highest BCUT2D eigenvalue weighted by molar-refractivity contribution is 5.77. The number of aryl methyl sites for hydroxylation is 2. The summed E-state index contributed by atoms with van der Waals surface area (Å²) >= 11 is 0. The largest absolute Gasteiger partial charge is 0.354 e. The maximum absolute atomic E-state index is 13.8. The van der Waals surface area contributed by atoms with Crippen molar-refractivity contribution in [1.82, 2.24) is 14.9 Å². The van der Waals surface area contributed by atoms with Gasteiger partial charge in [0.25, 0.3) is 0 Å². The van der Waals surface area contributed by atoms with Crippen molar-refractivity contribution in [1.29, 1.82) is 0 Å². The van der Waals surface area contributed by atoms with E-state index in [1.807, 2.05) is 17.9 Å². The van der Waals surface area contributed by atoms with Crippen LogP contribution in [0.15, 0.2) is 24.3 Å². The van der Waals surface area contributed by atoms with Crippen molar-refractivity contribution in [2.75, 3.05) is 31.1 Å². The minimum atomic E-state index is -0.229. The van der Waals surface area contributed by atoms with Gasteiger partial charge in [-0.1, -0.05) is 39.8 Å². The van der Waals surface area contributed by atoms with E-state index in [0.29, 0.717) is 19.4 Å². The first-order chi connectivity index (χ1) is 14.7. The van der Waals surface area contributed by atoms with Crippen molar-refractivity contribution in [3.05, 3.63) is 52.7 Å². The summed E-state index contributed by atoms with van der Waals surface area (Å²) in [5.74, 6) is 1.67. The molecule has 6 heteroatoms. The molecule has 2 aromatic rings. The Morgan fingerprint density at radius 1 is 1.13 bits per heavy atom. The molecule has 0 saturated carbocycles. The first kappa shape index (κ1) is 23.2. The van der Waals surface area contributed by atoms with Gasteiger partial charge in [0, 0.05) is 50.3 Å². The van der Waals surface area contributed by atoms with E-state index in [1.165, 1.54) is 6.07 Å². The molecule has 0 radical (unpaired) electrons. The van der Waals surface area contributed by atoms with Crippen molar-refractivity contribution in [2.24, 2.45) is 5.41 Å². The summed E-state index contributed by atoms with van der Waals surface area (Å²) < 4.78 is 13.8. The van der Waals surface area contributed by atoms with Crippen LogP contribution >= 0.6 is 0 Å². The van der Waals surface area contributed by atoms with Crippen molar-refractivity contribution in [3.8, 4) is 0 Å². The Labute approximate surface area is 185 Å². The van der Waals surface area contributed by atoms with Crippen LogP contribution in [0.5, 0.6) is 0 Å². The molecule has 1 aromatic carbocycles. The van der Waals surface area contributed by atoms with Crippen LogP contribution in [0, 0.1) is 18.2 Å². The molecular weight excluding hydrogens is 391 g/mol. The Morgan fingerprint density at radius 2 is 1.90 bits per heavy atom. The van der Waals surface area contributed by atoms with E-state index >= 15 is 0 Å². The molecule has 1 saturated heterocycles. The van der Waals surface area contributed by atoms with E-state index in [0.717, 1.165) is 60.9 Å². The molecule has 5 nitrogen and oxygen atoms in total. The number of nitrogens with zero attached hydrogens (tertiary/aromatic N) is 4. The van der Waals surface area contributed by atoms with Gasteiger partial charge in [-0.2, -0.15) is 0 Å². The van der Waals surface area contributed by atoms with Crippen molar-refractivity contribution in [3.63, 3.8) is 0 Å². The molecule has 3 rings (SSSR count). The van der Waals surface area contributed by atoms with Crippen LogP contribution in [0.2, 0.25) is 0 Å². The Morgan fingerprint density at radius 3 is 2.58 bits per heavy atom. The fourth-order valence-electron chi connectivity index (χ4n) is 4.17. The van der Waals surface area contributed by atoms with Gasteiger partial charge in [0.1, 0.15) is 17.5 Å². The number of benzene rings is 1. The minimum Gasteiger partial charge on any atom is -0.354 e. The first-order valence-corrected chi connectivity index (χ1v) is 11.3. The lowest BCUT2D eigenvalue weighted by Crippen LogP contribution is -2.37. The number of amides is 1. The van der Waals surface area contributed by atoms with E-state index in [2.05, 4.69) is 37.6 Å². The first-order valence-electron chi connectivity index (χ1n) is 11.3. The van der Waals surface area contributed by atoms with Crippen LogP contribution in [0.3, 0.4) is 0 Å². The summed E-state index contributed by atoms with van der Waals surface area (Å²) in [6.45, 7) is 13.4. The fourth-order valence-corrected chi connectivity index (χ4v) is 4.17. The molecule has 0 spiro atoms. The van der Waals surface area contributed by atoms with E-state index < -0.39 is 0 Å². The number of anilines is 1. The van der Waals surface area contributed by atoms with E-state index in [1.54, 1.807) is 12.1 Å². The molecule has 2 heterocycles. The third kappa shape index (κ3) is 6.25. The lowest BCUT2D eigenvalue weighted by atomic mass is 9.91. The summed E-state index contributed by atoms with van der Waals surface area (Å²) in [5.41, 5.74) is 2.98. The summed E-state index contributed by atoms with van der Waals surface area (Å²) in [5, 5.41) is 0. The minimum absolute atomic E-state index is 0.0129. The van der Waals surface area contributed by atoms with Crippen LogP contribution in [0.1, 0.15) is 63.2 Å². The smallest absolute Gasteiger partial charge is 0.223 e. The average Bonchev–Trinajstić information content (AvgIpc) is 2.94. The Balaban J connectivity index is 1.86. The molecule has 1 aliphatic heterocycles. The van der Waals surface area contributed by atoms with Crippen LogP contribution in [-0.2, 0) is 17.6 Å². The van der Waals surface area contributed by atoms with Gasteiger partial charge in [-0.3, -0.25) is 4.79 Å². The second kappa shape index (κ2) is 9.75. The standard InChI is InChI=1S/C25H35FN4O/c1-6-22-21(16-19-9-7-10-20(26)15-19)24(28-18(2)27-22)30-12-8-11-29(13-14-30)23(31)17-25(3,4)5/h7,9-10,15H,6,8,11-14,16-17H2,1-5H3. The van der Waals surface area contributed by atoms with Crippen LogP contribution in [0.25, 0.3) is 0 Å². The molecule has 168 valence electrons. The number of halogens is 1. The highest BCUT2D eigenvalue weighted by Gasteiger charge is 2.25. The number of carbonyl (C=O) groups excluding carboxylic acids is 1. The van der Waals surface area contributed by atoms with Gasteiger partial charge in [0.15, 0.2) is 0 Å². The van der Waals surface area contributed by atoms with E-state index in [-0.39, 0.29) is 17.1 Å². The molecule has 1 aliphatic rings. The highest BCUT2D eigenvalue weighted by atomic mass is 19.1. The van der Waals surface area contributed by atoms with Crippen LogP contribution < -0.4 is 4.90 Å². The maximum Gasteiger partial charge on any atom is 0.223 e. The number of hydrogen-bond donors (Lipinski definition) is 0. The molecule has 1 amide bonds. The summed E-state index contributed by atoms with van der Waals surface area (Å²) in [7, 11) is 0. The molecule has 0 aliphatic carbocycles. The van der Waals surface area contributed by atoms with Gasteiger partial charge in [-0.15, -0.1) is 0 Å². The Kier molecular flexibility index (Phi) is 7.29. The topological polar surface area (TPSA) is 49.3 Å². The van der Waals surface area contributed by atoms with Crippen molar-refractivity contribution < 1.29 is 9.18 Å². The van der Waals surface area contributed by atoms with Gasteiger partial charge in [0.05, 0.1) is 0 Å². The molecule has 0 N–H and O–H groups in total. The number of rotatable bonds is 5. The zero-order valence-corrected chi connectivity index (χ0v) is 19.5. The molecule has 1 fully saturated rings. The van der Waals surface area contributed by atoms with Gasteiger partial charge in [-0.25, -0.2) is 14.4 Å². The Bertz CT molecular complexity index is 922. The molecule has 0 unspecified atom stereocenters. The molecule has 0 atom stereocenters. The number of hydrogen-bond acceptors (Lipinski definition) is 4. The second-order valence-electron chi connectivity index (χ2n) is 9.64. The lowest BCUT2D eigenvalue weighted by Gasteiger charge is -2.27. The molecular formula is C25H35FN4O. The average molecular weight is 427 g/mol. The van der Waals surface area contributed by atoms with Gasteiger partial charge in [-0.05, 0) is 42.9 Å². The van der Waals surface area contributed by atoms with Gasteiger partial charge < -0.3 is 9.80 Å².